The van der Waals surface area contributed by atoms with Gasteiger partial charge in [-0.05, 0) is 48.7 Å². The molecule has 132 valence electrons. The monoisotopic (exact) mass is 357 g/mol. The summed E-state index contributed by atoms with van der Waals surface area (Å²) in [6.45, 7) is 8.22. The van der Waals surface area contributed by atoms with Crippen molar-refractivity contribution in [2.75, 3.05) is 31.5 Å². The average molecular weight is 358 g/mol. The van der Waals surface area contributed by atoms with Gasteiger partial charge < -0.3 is 10.2 Å². The first-order chi connectivity index (χ1) is 12.0. The molecule has 0 bridgehead atoms. The molecule has 2 amide bonds. The molecule has 0 unspecified atom stereocenters. The lowest BCUT2D eigenvalue weighted by molar-refractivity contribution is 0.143. The third-order valence-corrected chi connectivity index (χ3v) is 5.08. The van der Waals surface area contributed by atoms with Gasteiger partial charge in [0.25, 0.3) is 0 Å². The fourth-order valence-electron chi connectivity index (χ4n) is 3.04. The van der Waals surface area contributed by atoms with Crippen LogP contribution in [0.1, 0.15) is 16.7 Å². The van der Waals surface area contributed by atoms with Crippen LogP contribution in [0.15, 0.2) is 42.5 Å². The topological polar surface area (TPSA) is 35.6 Å². The van der Waals surface area contributed by atoms with E-state index in [-0.39, 0.29) is 6.03 Å². The van der Waals surface area contributed by atoms with Crippen LogP contribution in [0, 0.1) is 13.8 Å². The number of urea groups is 1. The van der Waals surface area contributed by atoms with Gasteiger partial charge in [0.05, 0.1) is 0 Å². The van der Waals surface area contributed by atoms with E-state index in [1.165, 1.54) is 11.1 Å². The van der Waals surface area contributed by atoms with E-state index >= 15 is 0 Å². The lowest BCUT2D eigenvalue weighted by atomic mass is 10.1. The molecule has 0 spiro atoms. The molecule has 1 aliphatic rings. The quantitative estimate of drug-likeness (QED) is 0.888. The van der Waals surface area contributed by atoms with Crippen LogP contribution in [0.3, 0.4) is 0 Å². The molecule has 1 saturated heterocycles. The molecule has 0 atom stereocenters. The molecular formula is C20H24ClN3O. The summed E-state index contributed by atoms with van der Waals surface area (Å²) in [5.74, 6) is 0. The van der Waals surface area contributed by atoms with Crippen molar-refractivity contribution < 1.29 is 4.79 Å². The first-order valence-electron chi connectivity index (χ1n) is 8.62. The average Bonchev–Trinajstić information content (AvgIpc) is 2.61. The highest BCUT2D eigenvalue weighted by Crippen LogP contribution is 2.19. The Hall–Kier alpha value is -2.04. The van der Waals surface area contributed by atoms with Crippen LogP contribution in [0.25, 0.3) is 0 Å². The number of rotatable bonds is 3. The van der Waals surface area contributed by atoms with Crippen molar-refractivity contribution in [1.82, 2.24) is 9.80 Å². The first-order valence-corrected chi connectivity index (χ1v) is 8.99. The number of hydrogen-bond donors (Lipinski definition) is 1. The van der Waals surface area contributed by atoms with Crippen molar-refractivity contribution >= 4 is 23.3 Å². The zero-order valence-corrected chi connectivity index (χ0v) is 15.5. The molecule has 0 saturated carbocycles. The number of piperazine rings is 1. The number of amides is 2. The second-order valence-electron chi connectivity index (χ2n) is 6.57. The maximum Gasteiger partial charge on any atom is 0.321 e. The molecule has 0 radical (unpaired) electrons. The SMILES string of the molecule is Cc1cccc(NC(=O)N2CCN(Cc3ccc(Cl)cc3)CC2)c1C. The lowest BCUT2D eigenvalue weighted by Crippen LogP contribution is -2.49. The third-order valence-electron chi connectivity index (χ3n) is 4.83. The van der Waals surface area contributed by atoms with E-state index in [0.717, 1.165) is 49.0 Å². The van der Waals surface area contributed by atoms with Crippen molar-refractivity contribution in [1.29, 1.82) is 0 Å². The number of hydrogen-bond acceptors (Lipinski definition) is 2. The number of anilines is 1. The van der Waals surface area contributed by atoms with Gasteiger partial charge in [-0.3, -0.25) is 4.90 Å². The molecular weight excluding hydrogens is 334 g/mol. The Morgan fingerprint density at radius 3 is 2.40 bits per heavy atom. The Bertz CT molecular complexity index is 737. The van der Waals surface area contributed by atoms with Gasteiger partial charge in [-0.2, -0.15) is 0 Å². The Labute approximate surface area is 154 Å². The zero-order chi connectivity index (χ0) is 17.8. The molecule has 5 heteroatoms. The van der Waals surface area contributed by atoms with Gasteiger partial charge in [-0.15, -0.1) is 0 Å². The van der Waals surface area contributed by atoms with E-state index in [1.54, 1.807) is 0 Å². The van der Waals surface area contributed by atoms with Crippen molar-refractivity contribution in [3.63, 3.8) is 0 Å². The summed E-state index contributed by atoms with van der Waals surface area (Å²) in [5.41, 5.74) is 4.45. The number of nitrogens with one attached hydrogen (secondary N) is 1. The number of aryl methyl sites for hydroxylation is 1. The van der Waals surface area contributed by atoms with Gasteiger partial charge in [0, 0.05) is 43.4 Å². The maximum atomic E-state index is 12.5. The molecule has 3 rings (SSSR count). The molecule has 2 aromatic rings. The van der Waals surface area contributed by atoms with E-state index in [4.69, 9.17) is 11.6 Å². The maximum absolute atomic E-state index is 12.5. The standard InChI is InChI=1S/C20H24ClN3O/c1-15-4-3-5-19(16(15)2)22-20(25)24-12-10-23(11-13-24)14-17-6-8-18(21)9-7-17/h3-9H,10-14H2,1-2H3,(H,22,25). The summed E-state index contributed by atoms with van der Waals surface area (Å²) in [6.07, 6.45) is 0. The molecule has 1 N–H and O–H groups in total. The van der Waals surface area contributed by atoms with Crippen LogP contribution in [0.5, 0.6) is 0 Å². The predicted octanol–water partition coefficient (Wildman–Crippen LogP) is 4.31. The van der Waals surface area contributed by atoms with Crippen LogP contribution in [0.4, 0.5) is 10.5 Å². The lowest BCUT2D eigenvalue weighted by Gasteiger charge is -2.34. The predicted molar refractivity (Wildman–Crippen MR) is 103 cm³/mol. The summed E-state index contributed by atoms with van der Waals surface area (Å²) < 4.78 is 0. The van der Waals surface area contributed by atoms with E-state index in [2.05, 4.69) is 35.3 Å². The minimum Gasteiger partial charge on any atom is -0.322 e. The number of nitrogens with zero attached hydrogens (tertiary/aromatic N) is 2. The van der Waals surface area contributed by atoms with Gasteiger partial charge in [0.2, 0.25) is 0 Å². The van der Waals surface area contributed by atoms with Crippen molar-refractivity contribution in [2.24, 2.45) is 0 Å². The van der Waals surface area contributed by atoms with Crippen LogP contribution < -0.4 is 5.32 Å². The molecule has 1 aliphatic heterocycles. The Kier molecular flexibility index (Phi) is 5.61. The fourth-order valence-corrected chi connectivity index (χ4v) is 3.16. The van der Waals surface area contributed by atoms with E-state index in [1.807, 2.05) is 36.1 Å². The van der Waals surface area contributed by atoms with Crippen LogP contribution in [-0.4, -0.2) is 42.0 Å². The van der Waals surface area contributed by atoms with Gasteiger partial charge in [0.1, 0.15) is 0 Å². The minimum atomic E-state index is -0.0140. The van der Waals surface area contributed by atoms with Gasteiger partial charge in [-0.1, -0.05) is 35.9 Å². The Morgan fingerprint density at radius 1 is 1.04 bits per heavy atom. The number of carbonyl (C=O) groups is 1. The first kappa shape index (κ1) is 17.8. The fraction of sp³-hybridized carbons (Fsp3) is 0.350. The Morgan fingerprint density at radius 2 is 1.72 bits per heavy atom. The van der Waals surface area contributed by atoms with Crippen LogP contribution in [-0.2, 0) is 6.54 Å². The number of benzene rings is 2. The van der Waals surface area contributed by atoms with Gasteiger partial charge in [-0.25, -0.2) is 4.79 Å². The molecule has 4 nitrogen and oxygen atoms in total. The minimum absolute atomic E-state index is 0.0140. The molecule has 0 aliphatic carbocycles. The molecule has 2 aromatic carbocycles. The summed E-state index contributed by atoms with van der Waals surface area (Å²) in [4.78, 5) is 16.8. The molecule has 0 aromatic heterocycles. The van der Waals surface area contributed by atoms with Crippen LogP contribution in [0.2, 0.25) is 5.02 Å². The highest BCUT2D eigenvalue weighted by atomic mass is 35.5. The van der Waals surface area contributed by atoms with Crippen molar-refractivity contribution in [2.45, 2.75) is 20.4 Å². The second-order valence-corrected chi connectivity index (χ2v) is 7.00. The summed E-state index contributed by atoms with van der Waals surface area (Å²) >= 11 is 5.93. The third kappa shape index (κ3) is 4.53. The largest absolute Gasteiger partial charge is 0.322 e. The molecule has 25 heavy (non-hydrogen) atoms. The van der Waals surface area contributed by atoms with E-state index in [9.17, 15) is 4.79 Å². The zero-order valence-electron chi connectivity index (χ0n) is 14.8. The van der Waals surface area contributed by atoms with Gasteiger partial charge >= 0.3 is 6.03 Å². The van der Waals surface area contributed by atoms with Gasteiger partial charge in [0.15, 0.2) is 0 Å². The summed E-state index contributed by atoms with van der Waals surface area (Å²) in [7, 11) is 0. The second kappa shape index (κ2) is 7.89. The highest BCUT2D eigenvalue weighted by Gasteiger charge is 2.21. The smallest absolute Gasteiger partial charge is 0.321 e. The van der Waals surface area contributed by atoms with Crippen LogP contribution >= 0.6 is 11.6 Å². The van der Waals surface area contributed by atoms with E-state index < -0.39 is 0 Å². The normalized spacial score (nSPS) is 15.2. The number of halogens is 1. The van der Waals surface area contributed by atoms with E-state index in [0.29, 0.717) is 0 Å². The summed E-state index contributed by atoms with van der Waals surface area (Å²) in [5, 5.41) is 3.81. The highest BCUT2D eigenvalue weighted by molar-refractivity contribution is 6.30. The van der Waals surface area contributed by atoms with Crippen molar-refractivity contribution in [3.05, 3.63) is 64.2 Å². The summed E-state index contributed by atoms with van der Waals surface area (Å²) in [6, 6.07) is 13.9. The number of carbonyl (C=O) groups excluding carboxylic acids is 1. The molecule has 1 heterocycles. The molecule has 1 fully saturated rings. The Balaban J connectivity index is 1.52. The van der Waals surface area contributed by atoms with Crippen molar-refractivity contribution in [3.8, 4) is 0 Å².